The number of rotatable bonds is 4. The molecule has 4 nitrogen and oxygen atoms in total. The summed E-state index contributed by atoms with van der Waals surface area (Å²) < 4.78 is 41.2. The summed E-state index contributed by atoms with van der Waals surface area (Å²) in [6, 6.07) is 13.1. The maximum Gasteiger partial charge on any atom is 0.416 e. The van der Waals surface area contributed by atoms with E-state index in [1.165, 1.54) is 12.1 Å². The van der Waals surface area contributed by atoms with Gasteiger partial charge >= 0.3 is 6.18 Å². The first-order valence-electron chi connectivity index (χ1n) is 8.68. The Balaban J connectivity index is 1.60. The summed E-state index contributed by atoms with van der Waals surface area (Å²) in [4.78, 5) is 4.46. The van der Waals surface area contributed by atoms with Crippen LogP contribution in [0.4, 0.5) is 18.9 Å². The summed E-state index contributed by atoms with van der Waals surface area (Å²) in [7, 11) is 1.85. The third-order valence-electron chi connectivity index (χ3n) is 4.53. The Labute approximate surface area is 159 Å². The summed E-state index contributed by atoms with van der Waals surface area (Å²) in [5.74, 6) is 0. The van der Waals surface area contributed by atoms with E-state index in [0.29, 0.717) is 0 Å². The van der Waals surface area contributed by atoms with Crippen LogP contribution >= 0.6 is 0 Å². The molecule has 142 valence electrons. The molecule has 0 aliphatic carbocycles. The van der Waals surface area contributed by atoms with Gasteiger partial charge in [0.05, 0.1) is 17.3 Å². The quantitative estimate of drug-likeness (QED) is 0.523. The SMILES string of the molecule is Cn1cc(-c2cnc3ccc(NCc4ccccc4C(F)(F)F)cc3c2)cn1. The molecule has 7 heteroatoms. The van der Waals surface area contributed by atoms with Gasteiger partial charge in [-0.05, 0) is 35.9 Å². The van der Waals surface area contributed by atoms with Gasteiger partial charge in [0, 0.05) is 48.2 Å². The molecule has 0 aliphatic rings. The van der Waals surface area contributed by atoms with Gasteiger partial charge in [0.15, 0.2) is 0 Å². The molecule has 28 heavy (non-hydrogen) atoms. The van der Waals surface area contributed by atoms with Crippen molar-refractivity contribution in [3.63, 3.8) is 0 Å². The molecule has 0 saturated carbocycles. The van der Waals surface area contributed by atoms with E-state index in [1.807, 2.05) is 37.5 Å². The average molecular weight is 382 g/mol. The molecule has 1 N–H and O–H groups in total. The van der Waals surface area contributed by atoms with E-state index in [2.05, 4.69) is 15.4 Å². The average Bonchev–Trinajstić information content (AvgIpc) is 3.11. The minimum atomic E-state index is -4.37. The van der Waals surface area contributed by atoms with E-state index < -0.39 is 11.7 Å². The zero-order chi connectivity index (χ0) is 19.7. The fourth-order valence-corrected chi connectivity index (χ4v) is 3.12. The second-order valence-electron chi connectivity index (χ2n) is 6.54. The molecule has 0 amide bonds. The Morgan fingerprint density at radius 1 is 1.00 bits per heavy atom. The van der Waals surface area contributed by atoms with Crippen LogP contribution in [-0.2, 0) is 19.8 Å². The predicted molar refractivity (Wildman–Crippen MR) is 103 cm³/mol. The van der Waals surface area contributed by atoms with Crippen LogP contribution in [0.15, 0.2) is 67.1 Å². The van der Waals surface area contributed by atoms with E-state index >= 15 is 0 Å². The molecular weight excluding hydrogens is 365 g/mol. The zero-order valence-corrected chi connectivity index (χ0v) is 15.0. The highest BCUT2D eigenvalue weighted by Gasteiger charge is 2.32. The van der Waals surface area contributed by atoms with Crippen molar-refractivity contribution in [3.8, 4) is 11.1 Å². The van der Waals surface area contributed by atoms with Crippen molar-refractivity contribution in [2.45, 2.75) is 12.7 Å². The number of nitrogens with zero attached hydrogens (tertiary/aromatic N) is 3. The molecule has 2 aromatic heterocycles. The van der Waals surface area contributed by atoms with Crippen LogP contribution in [0.25, 0.3) is 22.0 Å². The first-order chi connectivity index (χ1) is 13.4. The number of hydrogen-bond acceptors (Lipinski definition) is 3. The highest BCUT2D eigenvalue weighted by molar-refractivity contribution is 5.86. The molecule has 0 unspecified atom stereocenters. The largest absolute Gasteiger partial charge is 0.416 e. The number of aromatic nitrogens is 3. The number of fused-ring (bicyclic) bond motifs is 1. The van der Waals surface area contributed by atoms with Crippen LogP contribution in [0.2, 0.25) is 0 Å². The van der Waals surface area contributed by atoms with Gasteiger partial charge in [-0.15, -0.1) is 0 Å². The minimum Gasteiger partial charge on any atom is -0.381 e. The van der Waals surface area contributed by atoms with Crippen molar-refractivity contribution in [1.29, 1.82) is 0 Å². The Bertz CT molecular complexity index is 1130. The number of alkyl halides is 3. The fraction of sp³-hybridized carbons (Fsp3) is 0.143. The van der Waals surface area contributed by atoms with Gasteiger partial charge in [-0.3, -0.25) is 9.67 Å². The number of halogens is 3. The van der Waals surface area contributed by atoms with Gasteiger partial charge in [0.2, 0.25) is 0 Å². The lowest BCUT2D eigenvalue weighted by atomic mass is 10.1. The summed E-state index contributed by atoms with van der Waals surface area (Å²) in [6.45, 7) is 0.0803. The molecule has 0 saturated heterocycles. The Kier molecular flexibility index (Phi) is 4.50. The Hall–Kier alpha value is -3.35. The fourth-order valence-electron chi connectivity index (χ4n) is 3.12. The predicted octanol–water partition coefficient (Wildman–Crippen LogP) is 5.27. The summed E-state index contributed by atoms with van der Waals surface area (Å²) in [5.41, 5.74) is 3.01. The molecule has 4 rings (SSSR count). The van der Waals surface area contributed by atoms with Crippen LogP contribution in [0.3, 0.4) is 0 Å². The van der Waals surface area contributed by atoms with Gasteiger partial charge in [-0.1, -0.05) is 18.2 Å². The van der Waals surface area contributed by atoms with Gasteiger partial charge < -0.3 is 5.32 Å². The summed E-state index contributed by atoms with van der Waals surface area (Å²) in [5, 5.41) is 8.15. The van der Waals surface area contributed by atoms with Crippen LogP contribution in [-0.4, -0.2) is 14.8 Å². The van der Waals surface area contributed by atoms with Crippen molar-refractivity contribution in [2.75, 3.05) is 5.32 Å². The van der Waals surface area contributed by atoms with E-state index in [0.717, 1.165) is 33.8 Å². The number of anilines is 1. The van der Waals surface area contributed by atoms with Gasteiger partial charge in [-0.25, -0.2) is 0 Å². The molecule has 0 atom stereocenters. The lowest BCUT2D eigenvalue weighted by molar-refractivity contribution is -0.138. The van der Waals surface area contributed by atoms with Crippen molar-refractivity contribution in [3.05, 3.63) is 78.2 Å². The standard InChI is InChI=1S/C21H17F3N4/c1-28-13-17(12-27-28)16-8-15-9-18(6-7-20(15)26-11-16)25-10-14-4-2-3-5-19(14)21(22,23)24/h2-9,11-13,25H,10H2,1H3. The monoisotopic (exact) mass is 382 g/mol. The molecule has 2 aromatic carbocycles. The highest BCUT2D eigenvalue weighted by Crippen LogP contribution is 2.32. The van der Waals surface area contributed by atoms with Gasteiger partial charge in [-0.2, -0.15) is 18.3 Å². The van der Waals surface area contributed by atoms with Gasteiger partial charge in [0.1, 0.15) is 0 Å². The third-order valence-corrected chi connectivity index (χ3v) is 4.53. The minimum absolute atomic E-state index is 0.0803. The van der Waals surface area contributed by atoms with Gasteiger partial charge in [0.25, 0.3) is 0 Å². The van der Waals surface area contributed by atoms with Crippen molar-refractivity contribution in [2.24, 2.45) is 7.05 Å². The second-order valence-corrected chi connectivity index (χ2v) is 6.54. The summed E-state index contributed by atoms with van der Waals surface area (Å²) in [6.07, 6.45) is 1.08. The molecule has 0 spiro atoms. The van der Waals surface area contributed by atoms with Crippen LogP contribution in [0, 0.1) is 0 Å². The molecule has 2 heterocycles. The number of hydrogen-bond donors (Lipinski definition) is 1. The normalized spacial score (nSPS) is 11.7. The van der Waals surface area contributed by atoms with E-state index in [1.54, 1.807) is 23.1 Å². The molecular formula is C21H17F3N4. The Morgan fingerprint density at radius 3 is 2.57 bits per heavy atom. The molecule has 0 bridgehead atoms. The molecule has 0 radical (unpaired) electrons. The number of pyridine rings is 1. The van der Waals surface area contributed by atoms with Crippen molar-refractivity contribution < 1.29 is 13.2 Å². The number of benzene rings is 2. The lowest BCUT2D eigenvalue weighted by Crippen LogP contribution is -2.11. The van der Waals surface area contributed by atoms with E-state index in [9.17, 15) is 13.2 Å². The second kappa shape index (κ2) is 6.99. The zero-order valence-electron chi connectivity index (χ0n) is 15.0. The topological polar surface area (TPSA) is 42.7 Å². The maximum absolute atomic E-state index is 13.1. The summed E-state index contributed by atoms with van der Waals surface area (Å²) >= 11 is 0. The number of nitrogens with one attached hydrogen (secondary N) is 1. The van der Waals surface area contributed by atoms with E-state index in [4.69, 9.17) is 0 Å². The third kappa shape index (κ3) is 3.69. The number of aryl methyl sites for hydroxylation is 1. The van der Waals surface area contributed by atoms with Crippen LogP contribution in [0.5, 0.6) is 0 Å². The molecule has 4 aromatic rings. The van der Waals surface area contributed by atoms with Crippen molar-refractivity contribution in [1.82, 2.24) is 14.8 Å². The smallest absolute Gasteiger partial charge is 0.381 e. The van der Waals surface area contributed by atoms with Crippen LogP contribution in [0.1, 0.15) is 11.1 Å². The molecule has 0 fully saturated rings. The van der Waals surface area contributed by atoms with Crippen molar-refractivity contribution >= 4 is 16.6 Å². The highest BCUT2D eigenvalue weighted by atomic mass is 19.4. The van der Waals surface area contributed by atoms with E-state index in [-0.39, 0.29) is 12.1 Å². The first-order valence-corrected chi connectivity index (χ1v) is 8.68. The molecule has 0 aliphatic heterocycles. The lowest BCUT2D eigenvalue weighted by Gasteiger charge is -2.14. The Morgan fingerprint density at radius 2 is 1.82 bits per heavy atom. The first kappa shape index (κ1) is 18.0. The van der Waals surface area contributed by atoms with Crippen LogP contribution < -0.4 is 5.32 Å². The maximum atomic E-state index is 13.1.